The molecule has 2 heterocycles. The van der Waals surface area contributed by atoms with Gasteiger partial charge in [-0.1, -0.05) is 66.4 Å². The molecular weight excluding hydrogens is 446 g/mol. The van der Waals surface area contributed by atoms with Gasteiger partial charge in [0, 0.05) is 30.4 Å². The van der Waals surface area contributed by atoms with E-state index in [2.05, 4.69) is 32.6 Å². The predicted molar refractivity (Wildman–Crippen MR) is 133 cm³/mol. The minimum Gasteiger partial charge on any atom is -0.350 e. The molecule has 34 heavy (non-hydrogen) atoms. The average Bonchev–Trinajstić information content (AvgIpc) is 3.25. The van der Waals surface area contributed by atoms with Gasteiger partial charge in [-0.2, -0.15) is 0 Å². The van der Waals surface area contributed by atoms with Crippen molar-refractivity contribution in [1.29, 1.82) is 0 Å². The van der Waals surface area contributed by atoms with Crippen molar-refractivity contribution in [2.24, 2.45) is 0 Å². The highest BCUT2D eigenvalue weighted by atomic mass is 32.2. The van der Waals surface area contributed by atoms with Crippen LogP contribution in [0.2, 0.25) is 0 Å². The number of rotatable bonds is 9. The molecule has 2 aromatic heterocycles. The number of nitrogens with one attached hydrogen (secondary N) is 1. The van der Waals surface area contributed by atoms with Crippen molar-refractivity contribution in [3.63, 3.8) is 0 Å². The van der Waals surface area contributed by atoms with E-state index in [0.717, 1.165) is 16.7 Å². The number of carbonyl (C=O) groups excluding carboxylic acids is 2. The first kappa shape index (κ1) is 23.4. The molecule has 0 aliphatic heterocycles. The summed E-state index contributed by atoms with van der Waals surface area (Å²) in [4.78, 5) is 28.3. The van der Waals surface area contributed by atoms with Crippen LogP contribution < -0.4 is 5.32 Å². The van der Waals surface area contributed by atoms with Crippen LogP contribution in [0, 0.1) is 0 Å². The highest BCUT2D eigenvalue weighted by molar-refractivity contribution is 7.99. The van der Waals surface area contributed by atoms with E-state index < -0.39 is 0 Å². The number of ketones is 1. The summed E-state index contributed by atoms with van der Waals surface area (Å²) in [5, 5.41) is 12.3. The van der Waals surface area contributed by atoms with Gasteiger partial charge in [-0.25, -0.2) is 0 Å². The van der Waals surface area contributed by atoms with Gasteiger partial charge in [0.1, 0.15) is 0 Å². The van der Waals surface area contributed by atoms with Crippen LogP contribution in [0.25, 0.3) is 11.4 Å². The Morgan fingerprint density at radius 3 is 2.44 bits per heavy atom. The van der Waals surface area contributed by atoms with Crippen molar-refractivity contribution >= 4 is 23.5 Å². The van der Waals surface area contributed by atoms with Crippen molar-refractivity contribution in [2.45, 2.75) is 31.6 Å². The first-order chi connectivity index (χ1) is 16.5. The smallest absolute Gasteiger partial charge is 0.217 e. The average molecular weight is 472 g/mol. The Bertz CT molecular complexity index is 1260. The Kier molecular flexibility index (Phi) is 7.49. The van der Waals surface area contributed by atoms with Crippen LogP contribution in [0.4, 0.5) is 0 Å². The number of thioether (sulfide) groups is 1. The largest absolute Gasteiger partial charge is 0.350 e. The molecule has 0 aliphatic rings. The van der Waals surface area contributed by atoms with Gasteiger partial charge < -0.3 is 5.32 Å². The second-order valence-electron chi connectivity index (χ2n) is 7.88. The normalized spacial score (nSPS) is 11.7. The van der Waals surface area contributed by atoms with E-state index >= 15 is 0 Å². The monoisotopic (exact) mass is 471 g/mol. The summed E-state index contributed by atoms with van der Waals surface area (Å²) in [7, 11) is 0. The Morgan fingerprint density at radius 1 is 1.00 bits per heavy atom. The zero-order valence-electron chi connectivity index (χ0n) is 19.0. The van der Waals surface area contributed by atoms with Gasteiger partial charge in [0.05, 0.1) is 18.3 Å². The molecular formula is C26H25N5O2S. The minimum absolute atomic E-state index is 0.000851. The number of nitrogens with zero attached hydrogens (tertiary/aromatic N) is 4. The molecule has 1 unspecified atom stereocenters. The first-order valence-electron chi connectivity index (χ1n) is 10.9. The third-order valence-corrected chi connectivity index (χ3v) is 6.27. The fourth-order valence-electron chi connectivity index (χ4n) is 3.57. The van der Waals surface area contributed by atoms with Crippen molar-refractivity contribution < 1.29 is 9.59 Å². The summed E-state index contributed by atoms with van der Waals surface area (Å²) in [5.74, 6) is 0.860. The molecule has 1 N–H and O–H groups in total. The number of hydrogen-bond donors (Lipinski definition) is 1. The van der Waals surface area contributed by atoms with E-state index in [1.54, 1.807) is 24.5 Å². The number of Topliss-reactive ketones (excluding diaryl/α,β-unsaturated/α-hetero) is 1. The van der Waals surface area contributed by atoms with E-state index in [9.17, 15) is 9.59 Å². The van der Waals surface area contributed by atoms with Crippen LogP contribution in [-0.2, 0) is 11.3 Å². The number of hydrogen-bond acceptors (Lipinski definition) is 6. The molecule has 2 aromatic carbocycles. The van der Waals surface area contributed by atoms with Gasteiger partial charge in [0.2, 0.25) is 5.91 Å². The van der Waals surface area contributed by atoms with Crippen molar-refractivity contribution in [3.05, 3.63) is 95.8 Å². The summed E-state index contributed by atoms with van der Waals surface area (Å²) < 4.78 is 2.02. The summed E-state index contributed by atoms with van der Waals surface area (Å²) >= 11 is 1.37. The van der Waals surface area contributed by atoms with E-state index in [0.29, 0.717) is 23.1 Å². The van der Waals surface area contributed by atoms with Gasteiger partial charge in [-0.3, -0.25) is 19.1 Å². The molecule has 7 nitrogen and oxygen atoms in total. The summed E-state index contributed by atoms with van der Waals surface area (Å²) in [5.41, 5.74) is 3.55. The van der Waals surface area contributed by atoms with Crippen LogP contribution in [0.3, 0.4) is 0 Å². The molecule has 8 heteroatoms. The fourth-order valence-corrected chi connectivity index (χ4v) is 4.40. The molecule has 0 spiro atoms. The lowest BCUT2D eigenvalue weighted by Crippen LogP contribution is -2.23. The molecule has 4 rings (SSSR count). The zero-order chi connectivity index (χ0) is 23.9. The molecule has 0 saturated carbocycles. The van der Waals surface area contributed by atoms with Gasteiger partial charge >= 0.3 is 0 Å². The van der Waals surface area contributed by atoms with Gasteiger partial charge in [0.15, 0.2) is 16.8 Å². The standard InChI is InChI=1S/C26H25N5O2S/c1-18(28-19(2)32)21-10-12-22(13-11-21)24(33)17-34-26-30-29-25(23-9-6-14-27-15-23)31(26)16-20-7-4-3-5-8-20/h3-15,18H,16-17H2,1-2H3,(H,28,32). The Labute approximate surface area is 202 Å². The third-order valence-electron chi connectivity index (χ3n) is 5.30. The van der Waals surface area contributed by atoms with Gasteiger partial charge in [0.25, 0.3) is 0 Å². The highest BCUT2D eigenvalue weighted by Crippen LogP contribution is 2.25. The van der Waals surface area contributed by atoms with Gasteiger partial charge in [-0.05, 0) is 30.2 Å². The maximum absolute atomic E-state index is 12.9. The quantitative estimate of drug-likeness (QED) is 0.284. The van der Waals surface area contributed by atoms with Crippen LogP contribution >= 0.6 is 11.8 Å². The number of pyridine rings is 1. The number of amides is 1. The summed E-state index contributed by atoms with van der Waals surface area (Å²) in [6.45, 7) is 3.99. The Hall–Kier alpha value is -3.78. The number of benzene rings is 2. The maximum Gasteiger partial charge on any atom is 0.217 e. The topological polar surface area (TPSA) is 89.8 Å². The molecule has 1 amide bonds. The molecule has 172 valence electrons. The van der Waals surface area contributed by atoms with Gasteiger partial charge in [-0.15, -0.1) is 10.2 Å². The molecule has 4 aromatic rings. The first-order valence-corrected chi connectivity index (χ1v) is 11.9. The molecule has 0 fully saturated rings. The van der Waals surface area contributed by atoms with Crippen LogP contribution in [-0.4, -0.2) is 37.2 Å². The molecule has 0 bridgehead atoms. The highest BCUT2D eigenvalue weighted by Gasteiger charge is 2.17. The molecule has 0 saturated heterocycles. The van der Waals surface area contributed by atoms with Crippen molar-refractivity contribution in [1.82, 2.24) is 25.1 Å². The van der Waals surface area contributed by atoms with Crippen LogP contribution in [0.1, 0.15) is 41.4 Å². The zero-order valence-corrected chi connectivity index (χ0v) is 19.8. The minimum atomic E-state index is -0.113. The lowest BCUT2D eigenvalue weighted by atomic mass is 10.0. The fraction of sp³-hybridized carbons (Fsp3) is 0.192. The second kappa shape index (κ2) is 10.9. The second-order valence-corrected chi connectivity index (χ2v) is 8.82. The van der Waals surface area contributed by atoms with E-state index in [1.807, 2.05) is 54.0 Å². The summed E-state index contributed by atoms with van der Waals surface area (Å²) in [6, 6.07) is 21.1. The Balaban J connectivity index is 1.50. The summed E-state index contributed by atoms with van der Waals surface area (Å²) in [6.07, 6.45) is 3.48. The van der Waals surface area contributed by atoms with Crippen molar-refractivity contribution in [2.75, 3.05) is 5.75 Å². The predicted octanol–water partition coefficient (Wildman–Crippen LogP) is 4.56. The van der Waals surface area contributed by atoms with E-state index in [4.69, 9.17) is 0 Å². The van der Waals surface area contributed by atoms with Crippen molar-refractivity contribution in [3.8, 4) is 11.4 Å². The molecule has 0 aliphatic carbocycles. The lowest BCUT2D eigenvalue weighted by molar-refractivity contribution is -0.119. The third kappa shape index (κ3) is 5.77. The lowest BCUT2D eigenvalue weighted by Gasteiger charge is -2.13. The molecule has 0 radical (unpaired) electrons. The maximum atomic E-state index is 12.9. The van der Waals surface area contributed by atoms with Crippen LogP contribution in [0.15, 0.2) is 84.3 Å². The SMILES string of the molecule is CC(=O)NC(C)c1ccc(C(=O)CSc2nnc(-c3cccnc3)n2Cc2ccccc2)cc1. The molecule has 1 atom stereocenters. The number of carbonyl (C=O) groups is 2. The van der Waals surface area contributed by atoms with E-state index in [-0.39, 0.29) is 23.5 Å². The van der Waals surface area contributed by atoms with E-state index in [1.165, 1.54) is 18.7 Å². The number of aromatic nitrogens is 4. The van der Waals surface area contributed by atoms with Crippen LogP contribution in [0.5, 0.6) is 0 Å². The Morgan fingerprint density at radius 2 is 1.76 bits per heavy atom.